The molecular weight excluding hydrogens is 233 g/mol. The molecular formula is C12H13F3O2. The van der Waals surface area contributed by atoms with Gasteiger partial charge in [-0.1, -0.05) is 29.8 Å². The second kappa shape index (κ2) is 4.66. The number of hydrogen-bond acceptors (Lipinski definition) is 2. The fourth-order valence-corrected chi connectivity index (χ4v) is 1.49. The summed E-state index contributed by atoms with van der Waals surface area (Å²) in [4.78, 5) is 0. The first-order valence-corrected chi connectivity index (χ1v) is 5.33. The number of ether oxygens (including phenoxy) is 2. The van der Waals surface area contributed by atoms with Crippen molar-refractivity contribution in [1.82, 2.24) is 0 Å². The molecule has 1 aromatic carbocycles. The van der Waals surface area contributed by atoms with Crippen LogP contribution in [0.4, 0.5) is 13.2 Å². The number of rotatable bonds is 4. The van der Waals surface area contributed by atoms with Crippen molar-refractivity contribution < 1.29 is 22.6 Å². The molecule has 0 N–H and O–H groups in total. The summed E-state index contributed by atoms with van der Waals surface area (Å²) in [7, 11) is 0. The lowest BCUT2D eigenvalue weighted by atomic mass is 10.1. The Kier molecular flexibility index (Phi) is 3.40. The van der Waals surface area contributed by atoms with Crippen molar-refractivity contribution >= 4 is 0 Å². The number of aryl methyl sites for hydroxylation is 1. The lowest BCUT2D eigenvalue weighted by Gasteiger charge is -2.21. The molecule has 0 bridgehead atoms. The van der Waals surface area contributed by atoms with Crippen molar-refractivity contribution in [2.75, 3.05) is 13.2 Å². The van der Waals surface area contributed by atoms with Gasteiger partial charge in [-0.2, -0.15) is 13.2 Å². The molecule has 2 rings (SSSR count). The van der Waals surface area contributed by atoms with Crippen molar-refractivity contribution in [1.29, 1.82) is 0 Å². The van der Waals surface area contributed by atoms with Crippen LogP contribution >= 0.6 is 0 Å². The Morgan fingerprint density at radius 3 is 2.41 bits per heavy atom. The Morgan fingerprint density at radius 1 is 1.35 bits per heavy atom. The average Bonchev–Trinajstić information content (AvgIpc) is 3.03. The van der Waals surface area contributed by atoms with Crippen LogP contribution in [0.3, 0.4) is 0 Å². The normalized spacial score (nSPS) is 21.3. The molecule has 1 fully saturated rings. The molecule has 1 heterocycles. The fourth-order valence-electron chi connectivity index (χ4n) is 1.49. The number of benzene rings is 1. The van der Waals surface area contributed by atoms with Gasteiger partial charge in [-0.15, -0.1) is 0 Å². The molecule has 0 radical (unpaired) electrons. The van der Waals surface area contributed by atoms with Crippen LogP contribution in [0.25, 0.3) is 0 Å². The van der Waals surface area contributed by atoms with E-state index in [4.69, 9.17) is 9.47 Å². The van der Waals surface area contributed by atoms with E-state index in [9.17, 15) is 13.2 Å². The summed E-state index contributed by atoms with van der Waals surface area (Å²) in [5.41, 5.74) is 1.05. The zero-order valence-electron chi connectivity index (χ0n) is 9.33. The molecule has 1 aliphatic rings. The van der Waals surface area contributed by atoms with Crippen LogP contribution in [0.1, 0.15) is 17.2 Å². The van der Waals surface area contributed by atoms with Gasteiger partial charge in [-0.3, -0.25) is 0 Å². The van der Waals surface area contributed by atoms with Crippen LogP contribution in [-0.2, 0) is 9.47 Å². The molecule has 17 heavy (non-hydrogen) atoms. The molecule has 1 saturated heterocycles. The first-order chi connectivity index (χ1) is 7.97. The first-order valence-electron chi connectivity index (χ1n) is 5.33. The van der Waals surface area contributed by atoms with Crippen LogP contribution in [0.5, 0.6) is 0 Å². The van der Waals surface area contributed by atoms with Crippen molar-refractivity contribution in [3.63, 3.8) is 0 Å². The highest BCUT2D eigenvalue weighted by Crippen LogP contribution is 2.36. The number of epoxide rings is 1. The minimum Gasteiger partial charge on any atom is -0.371 e. The van der Waals surface area contributed by atoms with Gasteiger partial charge in [-0.25, -0.2) is 0 Å². The third kappa shape index (κ3) is 3.44. The van der Waals surface area contributed by atoms with Crippen LogP contribution in [0, 0.1) is 6.92 Å². The van der Waals surface area contributed by atoms with Gasteiger partial charge >= 0.3 is 6.18 Å². The molecule has 1 aliphatic heterocycles. The minimum absolute atomic E-state index is 0.0158. The number of alkyl halides is 3. The average molecular weight is 246 g/mol. The smallest absolute Gasteiger partial charge is 0.371 e. The van der Waals surface area contributed by atoms with Gasteiger partial charge in [-0.05, 0) is 12.5 Å². The fraction of sp³-hybridized carbons (Fsp3) is 0.500. The van der Waals surface area contributed by atoms with E-state index in [1.54, 1.807) is 12.1 Å². The maximum atomic E-state index is 12.8. The molecule has 0 amide bonds. The molecule has 0 aromatic heterocycles. The topological polar surface area (TPSA) is 21.8 Å². The Labute approximate surface area is 97.3 Å². The van der Waals surface area contributed by atoms with E-state index >= 15 is 0 Å². The molecule has 0 spiro atoms. The zero-order valence-corrected chi connectivity index (χ0v) is 9.33. The minimum atomic E-state index is -4.40. The number of hydrogen-bond donors (Lipinski definition) is 0. The highest BCUT2D eigenvalue weighted by atomic mass is 19.4. The van der Waals surface area contributed by atoms with E-state index in [0.717, 1.165) is 5.56 Å². The summed E-state index contributed by atoms with van der Waals surface area (Å²) < 4.78 is 48.2. The third-order valence-corrected chi connectivity index (χ3v) is 2.53. The Balaban J connectivity index is 2.10. The summed E-state index contributed by atoms with van der Waals surface area (Å²) in [6, 6.07) is 6.18. The van der Waals surface area contributed by atoms with Gasteiger partial charge < -0.3 is 9.47 Å². The quantitative estimate of drug-likeness (QED) is 0.762. The van der Waals surface area contributed by atoms with E-state index in [-0.39, 0.29) is 18.3 Å². The van der Waals surface area contributed by atoms with Gasteiger partial charge in [0, 0.05) is 0 Å². The third-order valence-electron chi connectivity index (χ3n) is 2.53. The predicted molar refractivity (Wildman–Crippen MR) is 55.7 cm³/mol. The molecule has 5 heteroatoms. The largest absolute Gasteiger partial charge is 0.418 e. The Bertz CT molecular complexity index is 368. The summed E-state index contributed by atoms with van der Waals surface area (Å²) >= 11 is 0. The Morgan fingerprint density at radius 2 is 1.94 bits per heavy atom. The SMILES string of the molecule is Cc1ccc([C@H](OC[C@H]2CO2)C(F)(F)F)cc1. The second-order valence-corrected chi connectivity index (χ2v) is 4.12. The predicted octanol–water partition coefficient (Wildman–Crippen LogP) is 3.01. The van der Waals surface area contributed by atoms with E-state index in [0.29, 0.717) is 6.61 Å². The van der Waals surface area contributed by atoms with Crippen LogP contribution in [-0.4, -0.2) is 25.5 Å². The highest BCUT2D eigenvalue weighted by Gasteiger charge is 2.42. The summed E-state index contributed by atoms with van der Waals surface area (Å²) in [5, 5.41) is 0. The maximum Gasteiger partial charge on any atom is 0.418 e. The molecule has 2 nitrogen and oxygen atoms in total. The maximum absolute atomic E-state index is 12.8. The van der Waals surface area contributed by atoms with Gasteiger partial charge in [0.15, 0.2) is 6.10 Å². The van der Waals surface area contributed by atoms with Crippen molar-refractivity contribution in [3.05, 3.63) is 35.4 Å². The lowest BCUT2D eigenvalue weighted by Crippen LogP contribution is -2.25. The van der Waals surface area contributed by atoms with Crippen molar-refractivity contribution in [2.45, 2.75) is 25.3 Å². The number of halogens is 3. The summed E-state index contributed by atoms with van der Waals surface area (Å²) in [5.74, 6) is 0. The molecule has 0 unspecified atom stereocenters. The molecule has 2 atom stereocenters. The zero-order chi connectivity index (χ0) is 12.5. The monoisotopic (exact) mass is 246 g/mol. The molecule has 0 aliphatic carbocycles. The van der Waals surface area contributed by atoms with E-state index in [1.165, 1.54) is 12.1 Å². The molecule has 1 aromatic rings. The molecule has 0 saturated carbocycles. The van der Waals surface area contributed by atoms with Crippen LogP contribution in [0.15, 0.2) is 24.3 Å². The van der Waals surface area contributed by atoms with Gasteiger partial charge in [0.2, 0.25) is 0 Å². The van der Waals surface area contributed by atoms with E-state index < -0.39 is 12.3 Å². The summed E-state index contributed by atoms with van der Waals surface area (Å²) in [6.45, 7) is 2.29. The first kappa shape index (κ1) is 12.4. The van der Waals surface area contributed by atoms with E-state index in [2.05, 4.69) is 0 Å². The van der Waals surface area contributed by atoms with Gasteiger partial charge in [0.1, 0.15) is 6.10 Å². The van der Waals surface area contributed by atoms with Gasteiger partial charge in [0.25, 0.3) is 0 Å². The van der Waals surface area contributed by atoms with Crippen molar-refractivity contribution in [2.24, 2.45) is 0 Å². The Hall–Kier alpha value is -1.07. The van der Waals surface area contributed by atoms with Crippen LogP contribution in [0.2, 0.25) is 0 Å². The summed E-state index contributed by atoms with van der Waals surface area (Å²) in [6.07, 6.45) is -6.44. The van der Waals surface area contributed by atoms with Crippen molar-refractivity contribution in [3.8, 4) is 0 Å². The molecule has 94 valence electrons. The standard InChI is InChI=1S/C12H13F3O2/c1-8-2-4-9(5-3-8)11(12(13,14)15)17-7-10-6-16-10/h2-5,10-11H,6-7H2,1H3/t10-,11+/m1/s1. The van der Waals surface area contributed by atoms with Gasteiger partial charge in [0.05, 0.1) is 13.2 Å². The highest BCUT2D eigenvalue weighted by molar-refractivity contribution is 5.24. The van der Waals surface area contributed by atoms with Crippen LogP contribution < -0.4 is 0 Å². The lowest BCUT2D eigenvalue weighted by molar-refractivity contribution is -0.224. The van der Waals surface area contributed by atoms with E-state index in [1.807, 2.05) is 6.92 Å². The second-order valence-electron chi connectivity index (χ2n) is 4.12.